The molecule has 0 spiro atoms. The van der Waals surface area contributed by atoms with E-state index in [0.717, 1.165) is 5.57 Å². The first-order chi connectivity index (χ1) is 38.8. The van der Waals surface area contributed by atoms with Crippen LogP contribution in [0, 0.1) is 50.2 Å². The standard InChI is InChI=1S/C57H92O26/c1-23(61)76-46-47(77-24(2)62)57(22-60)26(16-52(46,3)4)25-10-11-32-54(7)14-13-34(53(5,6)31(54)12-15-55(32,8)56(25,9)17-33(57)64)81-51-45(83-50-42(72)39(69)37(67)29(19-59)79-50)43(73)44(82-49-41(71)38(68)36(66)28(18-58)78-49)30(80-51)21-75-48-40(70)35(65)27(63)20-74-48/h10,26-51,58-60,63-73H,11-22H2,1-9H3/t26-,27-,28-,29-,30-,31+,32-,33-,34+,35-,36-,37-,38+,39+,40+,41-,42-,43+,44-,45-,46+,47+,48-,49+,50+,51+,54+,55-,56-,57+/m1/s1. The minimum absolute atomic E-state index is 0.0278. The van der Waals surface area contributed by atoms with Crippen molar-refractivity contribution < 1.29 is 128 Å². The lowest BCUT2D eigenvalue weighted by Crippen LogP contribution is -2.72. The highest BCUT2D eigenvalue weighted by Gasteiger charge is 2.74. The molecular formula is C57H92O26. The zero-order valence-corrected chi connectivity index (χ0v) is 48.7. The number of ether oxygens (including phenoxy) is 10. The molecule has 476 valence electrons. The number of aliphatic hydroxyl groups excluding tert-OH is 14. The van der Waals surface area contributed by atoms with Gasteiger partial charge < -0.3 is 119 Å². The fourth-order valence-electron chi connectivity index (χ4n) is 17.2. The monoisotopic (exact) mass is 1190 g/mol. The molecular weight excluding hydrogens is 1100 g/mol. The van der Waals surface area contributed by atoms with Crippen molar-refractivity contribution >= 4 is 11.9 Å². The molecule has 26 nitrogen and oxygen atoms in total. The Morgan fingerprint density at radius 1 is 0.590 bits per heavy atom. The Kier molecular flexibility index (Phi) is 18.8. The number of aliphatic hydroxyl groups is 14. The predicted octanol–water partition coefficient (Wildman–Crippen LogP) is -2.87. The summed E-state index contributed by atoms with van der Waals surface area (Å²) in [6, 6.07) is 0. The van der Waals surface area contributed by atoms with Crippen LogP contribution in [0.3, 0.4) is 0 Å². The Labute approximate surface area is 482 Å². The Balaban J connectivity index is 1.04. The summed E-state index contributed by atoms with van der Waals surface area (Å²) in [5.74, 6) is -1.71. The van der Waals surface area contributed by atoms with Gasteiger partial charge in [0.1, 0.15) is 104 Å². The second kappa shape index (κ2) is 24.0. The van der Waals surface area contributed by atoms with Crippen molar-refractivity contribution in [3.8, 4) is 0 Å². The molecule has 4 saturated carbocycles. The first-order valence-corrected chi connectivity index (χ1v) is 29.3. The van der Waals surface area contributed by atoms with Crippen LogP contribution in [0.1, 0.15) is 107 Å². The van der Waals surface area contributed by atoms with Crippen LogP contribution in [-0.4, -0.2) is 258 Å². The second-order valence-corrected chi connectivity index (χ2v) is 27.3. The van der Waals surface area contributed by atoms with E-state index >= 15 is 0 Å². The molecule has 30 atom stereocenters. The smallest absolute Gasteiger partial charge is 0.303 e. The second-order valence-electron chi connectivity index (χ2n) is 27.3. The van der Waals surface area contributed by atoms with E-state index < -0.39 is 219 Å². The number of allylic oxidation sites excluding steroid dienone is 2. The Morgan fingerprint density at radius 3 is 1.71 bits per heavy atom. The number of esters is 2. The molecule has 0 radical (unpaired) electrons. The van der Waals surface area contributed by atoms with Crippen molar-refractivity contribution in [3.63, 3.8) is 0 Å². The summed E-state index contributed by atoms with van der Waals surface area (Å²) in [4.78, 5) is 25.5. The van der Waals surface area contributed by atoms with Crippen LogP contribution < -0.4 is 0 Å². The van der Waals surface area contributed by atoms with Gasteiger partial charge in [-0.25, -0.2) is 0 Å². The highest BCUT2D eigenvalue weighted by Crippen LogP contribution is 2.76. The molecule has 4 heterocycles. The molecule has 0 amide bonds. The largest absolute Gasteiger partial charge is 0.458 e. The highest BCUT2D eigenvalue weighted by molar-refractivity contribution is 5.68. The van der Waals surface area contributed by atoms with Gasteiger partial charge in [-0.3, -0.25) is 9.59 Å². The fourth-order valence-corrected chi connectivity index (χ4v) is 17.2. The summed E-state index contributed by atoms with van der Waals surface area (Å²) in [5.41, 5.74) is -3.23. The molecule has 0 aromatic carbocycles. The van der Waals surface area contributed by atoms with Gasteiger partial charge in [-0.2, -0.15) is 0 Å². The van der Waals surface area contributed by atoms with Crippen molar-refractivity contribution in [2.24, 2.45) is 50.2 Å². The van der Waals surface area contributed by atoms with Gasteiger partial charge in [-0.15, -0.1) is 0 Å². The number of rotatable bonds is 14. The van der Waals surface area contributed by atoms with Gasteiger partial charge in [0.25, 0.3) is 0 Å². The summed E-state index contributed by atoms with van der Waals surface area (Å²) >= 11 is 0. The van der Waals surface area contributed by atoms with Gasteiger partial charge in [0.2, 0.25) is 0 Å². The maximum Gasteiger partial charge on any atom is 0.303 e. The van der Waals surface area contributed by atoms with Crippen LogP contribution in [0.2, 0.25) is 0 Å². The van der Waals surface area contributed by atoms with Crippen molar-refractivity contribution in [1.82, 2.24) is 0 Å². The van der Waals surface area contributed by atoms with Crippen LogP contribution in [0.25, 0.3) is 0 Å². The molecule has 9 rings (SSSR count). The van der Waals surface area contributed by atoms with Gasteiger partial charge in [-0.1, -0.05) is 60.1 Å². The van der Waals surface area contributed by atoms with E-state index in [4.69, 9.17) is 47.4 Å². The van der Waals surface area contributed by atoms with E-state index in [1.54, 1.807) is 0 Å². The maximum absolute atomic E-state index is 12.9. The van der Waals surface area contributed by atoms with Gasteiger partial charge >= 0.3 is 11.9 Å². The SMILES string of the molecule is CC(=O)O[C@H]1[C@H](OC(C)=O)[C@]2(CO)[C@H](O)C[C@]3(C)C(=CC[C@@H]4[C@@]5(C)CC[C@H](O[C@@H]6O[C@H](CO[C@H]7OC[C@@H](O)[C@@H](O)[C@@H]7O)[C@@H](O[C@@H]7O[C@H](CO)[C@@H](O)[C@H](O)[C@H]7O)[C@H](O)[C@H]6O[C@@H]6O[C@H](CO)[C@@H](O)[C@H](O)[C@H]6O)C(C)(C)[C@@H]5CC[C@]43C)[C@H]2CC1(C)C. The Bertz CT molecular complexity index is 2320. The molecule has 0 aromatic rings. The van der Waals surface area contributed by atoms with E-state index in [2.05, 4.69) is 40.7 Å². The average Bonchev–Trinajstić information content (AvgIpc) is 0.717. The number of carbonyl (C=O) groups is 2. The van der Waals surface area contributed by atoms with Crippen LogP contribution in [0.5, 0.6) is 0 Å². The Morgan fingerprint density at radius 2 is 1.14 bits per heavy atom. The third-order valence-corrected chi connectivity index (χ3v) is 21.9. The number of hydrogen-bond donors (Lipinski definition) is 14. The molecule has 8 fully saturated rings. The number of hydrogen-bond acceptors (Lipinski definition) is 26. The van der Waals surface area contributed by atoms with E-state index in [9.17, 15) is 81.1 Å². The predicted molar refractivity (Wildman–Crippen MR) is 280 cm³/mol. The quantitative estimate of drug-likeness (QED) is 0.0472. The van der Waals surface area contributed by atoms with Crippen molar-refractivity contribution in [1.29, 1.82) is 0 Å². The van der Waals surface area contributed by atoms with Gasteiger partial charge in [0, 0.05) is 19.3 Å². The zero-order chi connectivity index (χ0) is 61.0. The lowest BCUT2D eigenvalue weighted by Gasteiger charge is -2.72. The summed E-state index contributed by atoms with van der Waals surface area (Å²) in [6.07, 6.45) is -31.5. The first kappa shape index (κ1) is 65.3. The maximum atomic E-state index is 12.9. The molecule has 4 saturated heterocycles. The zero-order valence-electron chi connectivity index (χ0n) is 48.7. The Hall–Kier alpha value is -2.20. The summed E-state index contributed by atoms with van der Waals surface area (Å²) in [5, 5.41) is 154. The molecule has 83 heavy (non-hydrogen) atoms. The number of carbonyl (C=O) groups excluding carboxylic acids is 2. The van der Waals surface area contributed by atoms with Crippen molar-refractivity contribution in [3.05, 3.63) is 11.6 Å². The summed E-state index contributed by atoms with van der Waals surface area (Å²) < 4.78 is 61.0. The minimum atomic E-state index is -2.00. The van der Waals surface area contributed by atoms with E-state index in [1.165, 1.54) is 13.8 Å². The summed E-state index contributed by atoms with van der Waals surface area (Å²) in [7, 11) is 0. The molecule has 0 bridgehead atoms. The van der Waals surface area contributed by atoms with Crippen LogP contribution in [-0.2, 0) is 57.0 Å². The molecule has 5 aliphatic carbocycles. The number of fused-ring (bicyclic) bond motifs is 7. The van der Waals surface area contributed by atoms with Crippen molar-refractivity contribution in [2.75, 3.05) is 33.0 Å². The van der Waals surface area contributed by atoms with Crippen LogP contribution in [0.15, 0.2) is 11.6 Å². The normalized spacial score (nSPS) is 52.2. The van der Waals surface area contributed by atoms with Crippen molar-refractivity contribution in [2.45, 2.75) is 248 Å². The molecule has 14 N–H and O–H groups in total. The summed E-state index contributed by atoms with van der Waals surface area (Å²) in [6.45, 7) is 14.1. The molecule has 26 heteroatoms. The minimum Gasteiger partial charge on any atom is -0.458 e. The molecule has 9 aliphatic rings. The van der Waals surface area contributed by atoms with Gasteiger partial charge in [-0.05, 0) is 84.4 Å². The highest BCUT2D eigenvalue weighted by atomic mass is 16.8. The molecule has 0 unspecified atom stereocenters. The van der Waals surface area contributed by atoms with Crippen LogP contribution in [0.4, 0.5) is 0 Å². The van der Waals surface area contributed by atoms with Crippen LogP contribution >= 0.6 is 0 Å². The lowest BCUT2D eigenvalue weighted by atomic mass is 9.33. The fraction of sp³-hybridized carbons (Fsp3) is 0.930. The van der Waals surface area contributed by atoms with E-state index in [-0.39, 0.29) is 23.7 Å². The van der Waals surface area contributed by atoms with Gasteiger partial charge in [0.05, 0.1) is 50.7 Å². The van der Waals surface area contributed by atoms with E-state index in [0.29, 0.717) is 38.5 Å². The topological polar surface area (TPSA) is 410 Å². The third-order valence-electron chi connectivity index (χ3n) is 21.9. The molecule has 4 aliphatic heterocycles. The molecule has 0 aromatic heterocycles. The third kappa shape index (κ3) is 10.9. The van der Waals surface area contributed by atoms with E-state index in [1.807, 2.05) is 13.8 Å². The first-order valence-electron chi connectivity index (χ1n) is 29.3. The lowest BCUT2D eigenvalue weighted by molar-refractivity contribution is -0.398. The van der Waals surface area contributed by atoms with Gasteiger partial charge in [0.15, 0.2) is 25.2 Å². The average molecular weight is 1190 g/mol.